The fourth-order valence-electron chi connectivity index (χ4n) is 2.80. The smallest absolute Gasteiger partial charge is 0.123 e. The minimum absolute atomic E-state index is 0.397. The second-order valence-corrected chi connectivity index (χ2v) is 5.33. The monoisotopic (exact) mass is 262 g/mol. The average Bonchev–Trinajstić information content (AvgIpc) is 2.92. The summed E-state index contributed by atoms with van der Waals surface area (Å²) in [5, 5.41) is 3.47. The molecule has 1 N–H and O–H groups in total. The third kappa shape index (κ3) is 3.71. The molecule has 2 rings (SSSR count). The quantitative estimate of drug-likeness (QED) is 0.853. The van der Waals surface area contributed by atoms with Gasteiger partial charge < -0.3 is 10.1 Å². The Morgan fingerprint density at radius 2 is 2.05 bits per heavy atom. The SMILES string of the molecule is CCNC(C)c1ccc(OC)c(CN2CCCC2)c1. The molecule has 0 amide bonds. The van der Waals surface area contributed by atoms with Gasteiger partial charge in [0.1, 0.15) is 5.75 Å². The zero-order valence-corrected chi connectivity index (χ0v) is 12.4. The lowest BCUT2D eigenvalue weighted by Crippen LogP contribution is -2.20. The molecule has 19 heavy (non-hydrogen) atoms. The van der Waals surface area contributed by atoms with Crippen LogP contribution in [0.15, 0.2) is 18.2 Å². The largest absolute Gasteiger partial charge is 0.496 e. The van der Waals surface area contributed by atoms with Crippen molar-refractivity contribution in [1.82, 2.24) is 10.2 Å². The fourth-order valence-corrected chi connectivity index (χ4v) is 2.80. The summed E-state index contributed by atoms with van der Waals surface area (Å²) in [6.07, 6.45) is 2.66. The first-order chi connectivity index (χ1) is 9.24. The third-order valence-electron chi connectivity index (χ3n) is 3.91. The molecule has 1 unspecified atom stereocenters. The van der Waals surface area contributed by atoms with Gasteiger partial charge in [-0.25, -0.2) is 0 Å². The van der Waals surface area contributed by atoms with E-state index < -0.39 is 0 Å². The Bertz CT molecular complexity index is 400. The molecular weight excluding hydrogens is 236 g/mol. The van der Waals surface area contributed by atoms with Crippen LogP contribution in [0.4, 0.5) is 0 Å². The maximum atomic E-state index is 5.50. The summed E-state index contributed by atoms with van der Waals surface area (Å²) in [5.41, 5.74) is 2.66. The Morgan fingerprint density at radius 3 is 2.68 bits per heavy atom. The number of methoxy groups -OCH3 is 1. The minimum Gasteiger partial charge on any atom is -0.496 e. The summed E-state index contributed by atoms with van der Waals surface area (Å²) in [5.74, 6) is 1.01. The van der Waals surface area contributed by atoms with E-state index >= 15 is 0 Å². The van der Waals surface area contributed by atoms with E-state index in [1.807, 2.05) is 0 Å². The standard InChI is InChI=1S/C16H26N2O/c1-4-17-13(2)14-7-8-16(19-3)15(11-14)12-18-9-5-6-10-18/h7-8,11,13,17H,4-6,9-10,12H2,1-3H3. The van der Waals surface area contributed by atoms with Crippen molar-refractivity contribution in [1.29, 1.82) is 0 Å². The zero-order valence-electron chi connectivity index (χ0n) is 12.4. The lowest BCUT2D eigenvalue weighted by Gasteiger charge is -2.20. The second-order valence-electron chi connectivity index (χ2n) is 5.33. The lowest BCUT2D eigenvalue weighted by molar-refractivity contribution is 0.320. The lowest BCUT2D eigenvalue weighted by atomic mass is 10.0. The molecule has 1 aromatic carbocycles. The summed E-state index contributed by atoms with van der Waals surface area (Å²) in [7, 11) is 1.76. The summed E-state index contributed by atoms with van der Waals surface area (Å²) in [6.45, 7) is 8.80. The first-order valence-corrected chi connectivity index (χ1v) is 7.37. The molecule has 0 bridgehead atoms. The maximum absolute atomic E-state index is 5.50. The van der Waals surface area contributed by atoms with Crippen LogP contribution in [0.1, 0.15) is 43.9 Å². The Kier molecular flexibility index (Phi) is 5.23. The number of likely N-dealkylation sites (tertiary alicyclic amines) is 1. The number of rotatable bonds is 6. The Hall–Kier alpha value is -1.06. The van der Waals surface area contributed by atoms with Crippen LogP contribution in [-0.4, -0.2) is 31.6 Å². The molecule has 3 heteroatoms. The normalized spacial score (nSPS) is 17.6. The summed E-state index contributed by atoms with van der Waals surface area (Å²) in [6, 6.07) is 6.96. The van der Waals surface area contributed by atoms with Crippen molar-refractivity contribution in [3.05, 3.63) is 29.3 Å². The maximum Gasteiger partial charge on any atom is 0.123 e. The molecule has 1 aliphatic heterocycles. The molecule has 1 aliphatic rings. The van der Waals surface area contributed by atoms with Gasteiger partial charge in [0.25, 0.3) is 0 Å². The van der Waals surface area contributed by atoms with Gasteiger partial charge in [-0.15, -0.1) is 0 Å². The number of ether oxygens (including phenoxy) is 1. The molecule has 0 spiro atoms. The number of nitrogens with one attached hydrogen (secondary N) is 1. The van der Waals surface area contributed by atoms with Crippen LogP contribution in [0.3, 0.4) is 0 Å². The minimum atomic E-state index is 0.397. The van der Waals surface area contributed by atoms with Crippen LogP contribution in [0.25, 0.3) is 0 Å². The van der Waals surface area contributed by atoms with Gasteiger partial charge in [0.2, 0.25) is 0 Å². The third-order valence-corrected chi connectivity index (χ3v) is 3.91. The van der Waals surface area contributed by atoms with Crippen molar-refractivity contribution in [3.63, 3.8) is 0 Å². The van der Waals surface area contributed by atoms with E-state index in [4.69, 9.17) is 4.74 Å². The predicted octanol–water partition coefficient (Wildman–Crippen LogP) is 2.96. The molecule has 1 aromatic rings. The predicted molar refractivity (Wildman–Crippen MR) is 79.6 cm³/mol. The highest BCUT2D eigenvalue weighted by Crippen LogP contribution is 2.25. The summed E-state index contributed by atoms with van der Waals surface area (Å²) >= 11 is 0. The number of hydrogen-bond donors (Lipinski definition) is 1. The van der Waals surface area contributed by atoms with Gasteiger partial charge in [0.05, 0.1) is 7.11 Å². The summed E-state index contributed by atoms with van der Waals surface area (Å²) in [4.78, 5) is 2.51. The van der Waals surface area contributed by atoms with E-state index in [-0.39, 0.29) is 0 Å². The fraction of sp³-hybridized carbons (Fsp3) is 0.625. The zero-order chi connectivity index (χ0) is 13.7. The van der Waals surface area contributed by atoms with E-state index in [0.717, 1.165) is 18.8 Å². The highest BCUT2D eigenvalue weighted by molar-refractivity contribution is 5.38. The van der Waals surface area contributed by atoms with E-state index in [1.165, 1.54) is 37.1 Å². The van der Waals surface area contributed by atoms with Crippen molar-refractivity contribution in [2.24, 2.45) is 0 Å². The van der Waals surface area contributed by atoms with Gasteiger partial charge in [-0.3, -0.25) is 4.90 Å². The number of benzene rings is 1. The highest BCUT2D eigenvalue weighted by Gasteiger charge is 2.15. The van der Waals surface area contributed by atoms with Crippen LogP contribution in [0.2, 0.25) is 0 Å². The van der Waals surface area contributed by atoms with Crippen molar-refractivity contribution in [3.8, 4) is 5.75 Å². The molecule has 1 fully saturated rings. The van der Waals surface area contributed by atoms with Gasteiger partial charge >= 0.3 is 0 Å². The van der Waals surface area contributed by atoms with Gasteiger partial charge in [-0.2, -0.15) is 0 Å². The second kappa shape index (κ2) is 6.92. The molecule has 0 aliphatic carbocycles. The molecule has 1 saturated heterocycles. The van der Waals surface area contributed by atoms with E-state index in [2.05, 4.69) is 42.3 Å². The average molecular weight is 262 g/mol. The van der Waals surface area contributed by atoms with Crippen LogP contribution in [-0.2, 0) is 6.54 Å². The first kappa shape index (κ1) is 14.4. The van der Waals surface area contributed by atoms with Gasteiger partial charge in [0.15, 0.2) is 0 Å². The Morgan fingerprint density at radius 1 is 1.32 bits per heavy atom. The van der Waals surface area contributed by atoms with Crippen LogP contribution in [0, 0.1) is 0 Å². The number of hydrogen-bond acceptors (Lipinski definition) is 3. The molecule has 0 radical (unpaired) electrons. The topological polar surface area (TPSA) is 24.5 Å². The molecule has 0 aromatic heterocycles. The summed E-state index contributed by atoms with van der Waals surface area (Å²) < 4.78 is 5.50. The van der Waals surface area contributed by atoms with Gasteiger partial charge in [-0.05, 0) is 57.1 Å². The van der Waals surface area contributed by atoms with Crippen molar-refractivity contribution < 1.29 is 4.74 Å². The first-order valence-electron chi connectivity index (χ1n) is 7.37. The van der Waals surface area contributed by atoms with Crippen LogP contribution >= 0.6 is 0 Å². The van der Waals surface area contributed by atoms with Crippen LogP contribution < -0.4 is 10.1 Å². The highest BCUT2D eigenvalue weighted by atomic mass is 16.5. The number of nitrogens with zero attached hydrogens (tertiary/aromatic N) is 1. The van der Waals surface area contributed by atoms with Crippen LogP contribution in [0.5, 0.6) is 5.75 Å². The van der Waals surface area contributed by atoms with Crippen molar-refractivity contribution in [2.45, 2.75) is 39.3 Å². The van der Waals surface area contributed by atoms with E-state index in [0.29, 0.717) is 6.04 Å². The van der Waals surface area contributed by atoms with Gasteiger partial charge in [-0.1, -0.05) is 13.0 Å². The molecule has 3 nitrogen and oxygen atoms in total. The molecule has 106 valence electrons. The van der Waals surface area contributed by atoms with Crippen molar-refractivity contribution in [2.75, 3.05) is 26.7 Å². The van der Waals surface area contributed by atoms with E-state index in [9.17, 15) is 0 Å². The van der Waals surface area contributed by atoms with Crippen molar-refractivity contribution >= 4 is 0 Å². The molecular formula is C16H26N2O. The Labute approximate surface area is 116 Å². The molecule has 0 saturated carbocycles. The molecule has 1 atom stereocenters. The molecule has 1 heterocycles. The van der Waals surface area contributed by atoms with Gasteiger partial charge in [0, 0.05) is 18.2 Å². The van der Waals surface area contributed by atoms with E-state index in [1.54, 1.807) is 7.11 Å². The Balaban J connectivity index is 2.15.